The van der Waals surface area contributed by atoms with Crippen LogP contribution in [0, 0.1) is 5.92 Å². The van der Waals surface area contributed by atoms with E-state index in [0.717, 1.165) is 52.1 Å². The highest BCUT2D eigenvalue weighted by Gasteiger charge is 2.46. The van der Waals surface area contributed by atoms with Crippen molar-refractivity contribution in [1.29, 1.82) is 0 Å². The van der Waals surface area contributed by atoms with Gasteiger partial charge in [0.25, 0.3) is 0 Å². The van der Waals surface area contributed by atoms with Crippen LogP contribution in [0.15, 0.2) is 96.3 Å². The standard InChI is InChI=1S/C35H34N2O2/c1-22(2)19-20-37-27-17-11-9-15-24(27)30(32(37)23-13-7-6-8-14-23)31-33(38)25(34(31)39)21-29-35(3,4)26-16-10-12-18-28(26)36(29)5/h6-18,21-22H,19-20H2,1-5H3/p+1. The van der Waals surface area contributed by atoms with Crippen LogP contribution in [0.1, 0.15) is 45.2 Å². The number of rotatable bonds is 6. The van der Waals surface area contributed by atoms with Gasteiger partial charge in [-0.15, -0.1) is 0 Å². The Morgan fingerprint density at radius 1 is 0.949 bits per heavy atom. The van der Waals surface area contributed by atoms with Crippen molar-refractivity contribution < 1.29 is 14.5 Å². The average Bonchev–Trinajstić information content (AvgIpc) is 3.35. The molecule has 0 spiro atoms. The van der Waals surface area contributed by atoms with E-state index in [1.165, 1.54) is 5.56 Å². The van der Waals surface area contributed by atoms with E-state index >= 15 is 0 Å². The summed E-state index contributed by atoms with van der Waals surface area (Å²) in [6, 6.07) is 26.8. The number of hydrogen-bond acceptors (Lipinski definition) is 2. The minimum Gasteiger partial charge on any atom is -0.506 e. The summed E-state index contributed by atoms with van der Waals surface area (Å²) in [4.78, 5) is 13.9. The molecule has 0 saturated carbocycles. The molecular formula is C35H35N2O2+. The molecule has 196 valence electrons. The lowest BCUT2D eigenvalue weighted by atomic mass is 9.77. The molecule has 2 heterocycles. The van der Waals surface area contributed by atoms with Crippen molar-refractivity contribution in [1.82, 2.24) is 4.57 Å². The van der Waals surface area contributed by atoms with E-state index in [2.05, 4.69) is 79.3 Å². The maximum Gasteiger partial charge on any atom is 0.209 e. The van der Waals surface area contributed by atoms with Gasteiger partial charge in [0.1, 0.15) is 12.8 Å². The number of ketones is 1. The van der Waals surface area contributed by atoms with Gasteiger partial charge in [-0.05, 0) is 37.8 Å². The zero-order chi connectivity index (χ0) is 27.5. The molecule has 4 aromatic rings. The number of aryl methyl sites for hydroxylation is 1. The smallest absolute Gasteiger partial charge is 0.209 e. The summed E-state index contributed by atoms with van der Waals surface area (Å²) in [5.74, 6) is 0.513. The number of carbonyl (C=O) groups excluding carboxylic acids is 1. The third-order valence-electron chi connectivity index (χ3n) is 8.38. The van der Waals surface area contributed by atoms with Crippen LogP contribution in [-0.4, -0.2) is 32.8 Å². The molecule has 39 heavy (non-hydrogen) atoms. The van der Waals surface area contributed by atoms with Crippen LogP contribution in [0.2, 0.25) is 0 Å². The summed E-state index contributed by atoms with van der Waals surface area (Å²) < 4.78 is 4.46. The number of nitrogens with zero attached hydrogens (tertiary/aromatic N) is 2. The number of para-hydroxylation sites is 2. The molecule has 1 N–H and O–H groups in total. The van der Waals surface area contributed by atoms with Gasteiger partial charge in [-0.2, -0.15) is 4.58 Å². The van der Waals surface area contributed by atoms with E-state index in [-0.39, 0.29) is 17.0 Å². The zero-order valence-electron chi connectivity index (χ0n) is 23.3. The highest BCUT2D eigenvalue weighted by atomic mass is 16.3. The van der Waals surface area contributed by atoms with Gasteiger partial charge in [-0.1, -0.05) is 80.6 Å². The second-order valence-corrected chi connectivity index (χ2v) is 11.6. The van der Waals surface area contributed by atoms with Crippen LogP contribution in [0.5, 0.6) is 0 Å². The molecule has 4 heteroatoms. The molecule has 0 fully saturated rings. The number of allylic oxidation sites excluding steroid dienone is 3. The molecule has 2 aliphatic rings. The maximum absolute atomic E-state index is 13.9. The Morgan fingerprint density at radius 2 is 1.62 bits per heavy atom. The number of aromatic nitrogens is 1. The quantitative estimate of drug-likeness (QED) is 0.210. The Balaban J connectivity index is 1.55. The Bertz CT molecular complexity index is 1730. The second kappa shape index (κ2) is 9.23. The van der Waals surface area contributed by atoms with Crippen molar-refractivity contribution in [2.24, 2.45) is 5.92 Å². The lowest BCUT2D eigenvalue weighted by Gasteiger charge is -2.24. The number of hydrogen-bond donors (Lipinski definition) is 1. The molecule has 1 aromatic heterocycles. The lowest BCUT2D eigenvalue weighted by molar-refractivity contribution is -0.401. The minimum atomic E-state index is -0.281. The molecule has 0 atom stereocenters. The van der Waals surface area contributed by atoms with Gasteiger partial charge in [-0.25, -0.2) is 0 Å². The Hall–Kier alpha value is -4.18. The van der Waals surface area contributed by atoms with E-state index in [1.807, 2.05) is 49.5 Å². The number of aliphatic hydroxyl groups excluding tert-OH is 1. The van der Waals surface area contributed by atoms with Crippen LogP contribution in [0.4, 0.5) is 5.69 Å². The topological polar surface area (TPSA) is 45.2 Å². The van der Waals surface area contributed by atoms with E-state index in [4.69, 9.17) is 0 Å². The fraction of sp³-hybridized carbons (Fsp3) is 0.257. The summed E-state index contributed by atoms with van der Waals surface area (Å²) in [5.41, 5.74) is 7.80. The van der Waals surface area contributed by atoms with E-state index < -0.39 is 0 Å². The van der Waals surface area contributed by atoms with Gasteiger partial charge >= 0.3 is 0 Å². The third-order valence-corrected chi connectivity index (χ3v) is 8.38. The molecule has 0 radical (unpaired) electrons. The van der Waals surface area contributed by atoms with Crippen molar-refractivity contribution in [2.45, 2.75) is 46.1 Å². The number of Topliss-reactive ketones (excluding diaryl/α,β-unsaturated/α-hetero) is 1. The molecule has 0 saturated heterocycles. The normalized spacial score (nSPS) is 17.5. The fourth-order valence-electron chi connectivity index (χ4n) is 6.26. The molecule has 0 bridgehead atoms. The summed E-state index contributed by atoms with van der Waals surface area (Å²) >= 11 is 0. The first-order chi connectivity index (χ1) is 18.7. The van der Waals surface area contributed by atoms with Crippen molar-refractivity contribution in [2.75, 3.05) is 7.05 Å². The Labute approximate surface area is 230 Å². The summed E-state index contributed by atoms with van der Waals surface area (Å²) in [7, 11) is 2.03. The van der Waals surface area contributed by atoms with Crippen molar-refractivity contribution >= 4 is 33.7 Å². The van der Waals surface area contributed by atoms with Gasteiger partial charge < -0.3 is 9.67 Å². The summed E-state index contributed by atoms with van der Waals surface area (Å²) in [6.07, 6.45) is 2.91. The highest BCUT2D eigenvalue weighted by Crippen LogP contribution is 2.47. The fourth-order valence-corrected chi connectivity index (χ4v) is 6.26. The number of fused-ring (bicyclic) bond motifs is 2. The summed E-state index contributed by atoms with van der Waals surface area (Å²) in [5, 5.41) is 12.5. The van der Waals surface area contributed by atoms with Gasteiger partial charge in [0.05, 0.1) is 22.3 Å². The molecular weight excluding hydrogens is 480 g/mol. The molecule has 0 unspecified atom stereocenters. The van der Waals surface area contributed by atoms with Gasteiger partial charge in [0, 0.05) is 40.7 Å². The predicted octanol–water partition coefficient (Wildman–Crippen LogP) is 7.84. The van der Waals surface area contributed by atoms with Crippen LogP contribution >= 0.6 is 0 Å². The first kappa shape index (κ1) is 25.1. The number of benzene rings is 3. The molecule has 0 amide bonds. The Kier molecular flexibility index (Phi) is 5.95. The van der Waals surface area contributed by atoms with Crippen molar-refractivity contribution in [3.8, 4) is 11.3 Å². The van der Waals surface area contributed by atoms with E-state index in [9.17, 15) is 9.90 Å². The first-order valence-corrected chi connectivity index (χ1v) is 13.8. The van der Waals surface area contributed by atoms with Crippen LogP contribution in [0.25, 0.3) is 27.7 Å². The van der Waals surface area contributed by atoms with Crippen LogP contribution in [-0.2, 0) is 16.8 Å². The molecule has 1 aliphatic heterocycles. The highest BCUT2D eigenvalue weighted by molar-refractivity contribution is 6.42. The largest absolute Gasteiger partial charge is 0.506 e. The summed E-state index contributed by atoms with van der Waals surface area (Å²) in [6.45, 7) is 9.63. The maximum atomic E-state index is 13.9. The minimum absolute atomic E-state index is 0.0802. The second-order valence-electron chi connectivity index (χ2n) is 11.6. The van der Waals surface area contributed by atoms with Gasteiger partial charge in [0.2, 0.25) is 11.5 Å². The van der Waals surface area contributed by atoms with Gasteiger partial charge in [-0.3, -0.25) is 4.79 Å². The Morgan fingerprint density at radius 3 is 2.31 bits per heavy atom. The van der Waals surface area contributed by atoms with Gasteiger partial charge in [0.15, 0.2) is 5.71 Å². The third kappa shape index (κ3) is 3.81. The van der Waals surface area contributed by atoms with E-state index in [0.29, 0.717) is 17.1 Å². The monoisotopic (exact) mass is 515 g/mol. The van der Waals surface area contributed by atoms with E-state index in [1.54, 1.807) is 0 Å². The van der Waals surface area contributed by atoms with Crippen LogP contribution < -0.4 is 0 Å². The van der Waals surface area contributed by atoms with Crippen molar-refractivity contribution in [3.05, 3.63) is 107 Å². The molecule has 6 rings (SSSR count). The lowest BCUT2D eigenvalue weighted by Crippen LogP contribution is -2.30. The molecule has 1 aliphatic carbocycles. The van der Waals surface area contributed by atoms with Crippen LogP contribution in [0.3, 0.4) is 0 Å². The SMILES string of the molecule is CC(C)CCn1c(-c2ccccc2)c(C2=C(O)C(=CC3=[N+](C)c4ccccc4C3(C)C)C2=O)c2ccccc21. The molecule has 4 nitrogen and oxygen atoms in total. The molecule has 3 aromatic carbocycles. The number of aliphatic hydroxyl groups is 1. The van der Waals surface area contributed by atoms with Crippen molar-refractivity contribution in [3.63, 3.8) is 0 Å². The predicted molar refractivity (Wildman–Crippen MR) is 160 cm³/mol. The first-order valence-electron chi connectivity index (χ1n) is 13.8. The zero-order valence-corrected chi connectivity index (χ0v) is 23.3. The number of carbonyl (C=O) groups is 1. The average molecular weight is 516 g/mol.